The lowest BCUT2D eigenvalue weighted by atomic mass is 9.96. The van der Waals surface area contributed by atoms with Crippen molar-refractivity contribution in [3.8, 4) is 0 Å². The van der Waals surface area contributed by atoms with Crippen LogP contribution in [0.2, 0.25) is 0 Å². The summed E-state index contributed by atoms with van der Waals surface area (Å²) >= 11 is 0. The fourth-order valence-electron chi connectivity index (χ4n) is 4.05. The molecule has 8 heteroatoms. The Balaban J connectivity index is 1.43. The van der Waals surface area contributed by atoms with Crippen LogP contribution in [-0.4, -0.2) is 78.4 Å². The van der Waals surface area contributed by atoms with E-state index in [4.69, 9.17) is 9.84 Å². The Morgan fingerprint density at radius 2 is 1.73 bits per heavy atom. The quantitative estimate of drug-likeness (QED) is 0.804. The molecule has 2 aliphatic heterocycles. The number of carbonyl (C=O) groups excluding carboxylic acids is 1. The second kappa shape index (κ2) is 9.20. The standard InChI is InChI=1S/C22H32FN3O4/c1-22(2,3)30-21(29)26-8-6-16(7-9-26)15-24-10-12-25(13-11-24)17-4-5-18(20(27)28)19(23)14-17/h4-5,14,16H,6-13,15H2,1-3H3,(H,27,28). The summed E-state index contributed by atoms with van der Waals surface area (Å²) in [7, 11) is 0. The molecule has 2 fully saturated rings. The van der Waals surface area contributed by atoms with Gasteiger partial charge in [-0.1, -0.05) is 0 Å². The van der Waals surface area contributed by atoms with Gasteiger partial charge in [0.15, 0.2) is 0 Å². The van der Waals surface area contributed by atoms with Crippen LogP contribution in [-0.2, 0) is 4.74 Å². The minimum Gasteiger partial charge on any atom is -0.478 e. The smallest absolute Gasteiger partial charge is 0.410 e. The van der Waals surface area contributed by atoms with Gasteiger partial charge in [0.05, 0.1) is 5.56 Å². The number of amides is 1. The van der Waals surface area contributed by atoms with E-state index >= 15 is 0 Å². The van der Waals surface area contributed by atoms with E-state index in [0.29, 0.717) is 5.92 Å². The first-order valence-electron chi connectivity index (χ1n) is 10.6. The molecule has 30 heavy (non-hydrogen) atoms. The molecule has 0 aromatic heterocycles. The highest BCUT2D eigenvalue weighted by molar-refractivity contribution is 5.88. The average Bonchev–Trinajstić information content (AvgIpc) is 2.67. The summed E-state index contributed by atoms with van der Waals surface area (Å²) in [6.07, 6.45) is 1.72. The summed E-state index contributed by atoms with van der Waals surface area (Å²) in [6.45, 7) is 11.4. The molecule has 2 heterocycles. The summed E-state index contributed by atoms with van der Waals surface area (Å²) in [5.41, 5.74) is -0.0392. The summed E-state index contributed by atoms with van der Waals surface area (Å²) < 4.78 is 19.4. The number of aromatic carboxylic acids is 1. The molecule has 7 nitrogen and oxygen atoms in total. The highest BCUT2D eigenvalue weighted by Crippen LogP contribution is 2.23. The van der Waals surface area contributed by atoms with Gasteiger partial charge >= 0.3 is 12.1 Å². The predicted octanol–water partition coefficient (Wildman–Crippen LogP) is 3.29. The molecule has 2 saturated heterocycles. The molecule has 1 amide bonds. The highest BCUT2D eigenvalue weighted by Gasteiger charge is 2.28. The first-order chi connectivity index (χ1) is 14.1. The molecule has 0 atom stereocenters. The molecule has 0 spiro atoms. The van der Waals surface area contributed by atoms with Crippen LogP contribution in [0.4, 0.5) is 14.9 Å². The second-order valence-electron chi connectivity index (χ2n) is 9.17. The minimum absolute atomic E-state index is 0.226. The maximum Gasteiger partial charge on any atom is 0.410 e. The van der Waals surface area contributed by atoms with Gasteiger partial charge in [-0.3, -0.25) is 4.90 Å². The van der Waals surface area contributed by atoms with Crippen molar-refractivity contribution in [2.45, 2.75) is 39.2 Å². The maximum absolute atomic E-state index is 14.0. The number of carboxylic acid groups (broad SMARTS) is 1. The number of anilines is 1. The summed E-state index contributed by atoms with van der Waals surface area (Å²) in [4.78, 5) is 29.5. The van der Waals surface area contributed by atoms with E-state index in [-0.39, 0.29) is 11.7 Å². The van der Waals surface area contributed by atoms with E-state index in [2.05, 4.69) is 9.80 Å². The Bertz CT molecular complexity index is 764. The number of likely N-dealkylation sites (tertiary alicyclic amines) is 1. The Hall–Kier alpha value is -2.35. The number of ether oxygens (including phenoxy) is 1. The Labute approximate surface area is 177 Å². The van der Waals surface area contributed by atoms with Crippen molar-refractivity contribution in [2.24, 2.45) is 5.92 Å². The third-order valence-corrected chi connectivity index (χ3v) is 5.70. The van der Waals surface area contributed by atoms with Crippen LogP contribution < -0.4 is 4.90 Å². The molecule has 0 aliphatic carbocycles. The van der Waals surface area contributed by atoms with Crippen molar-refractivity contribution in [3.05, 3.63) is 29.6 Å². The minimum atomic E-state index is -1.25. The lowest BCUT2D eigenvalue weighted by molar-refractivity contribution is 0.0168. The highest BCUT2D eigenvalue weighted by atomic mass is 19.1. The molecule has 2 aliphatic rings. The molecule has 0 unspecified atom stereocenters. The Kier molecular flexibility index (Phi) is 6.85. The topological polar surface area (TPSA) is 73.3 Å². The van der Waals surface area contributed by atoms with Gasteiger partial charge in [-0.05, 0) is 57.7 Å². The van der Waals surface area contributed by atoms with E-state index < -0.39 is 17.4 Å². The first kappa shape index (κ1) is 22.3. The number of piperidine rings is 1. The van der Waals surface area contributed by atoms with E-state index in [9.17, 15) is 14.0 Å². The van der Waals surface area contributed by atoms with Crippen molar-refractivity contribution in [3.63, 3.8) is 0 Å². The van der Waals surface area contributed by atoms with Gasteiger partial charge in [-0.2, -0.15) is 0 Å². The number of carboxylic acids is 1. The zero-order valence-corrected chi connectivity index (χ0v) is 18.1. The number of halogens is 1. The van der Waals surface area contributed by atoms with E-state index in [1.54, 1.807) is 11.0 Å². The fraction of sp³-hybridized carbons (Fsp3) is 0.636. The van der Waals surface area contributed by atoms with Crippen LogP contribution in [0.1, 0.15) is 44.0 Å². The zero-order valence-electron chi connectivity index (χ0n) is 18.1. The molecule has 166 valence electrons. The average molecular weight is 422 g/mol. The zero-order chi connectivity index (χ0) is 21.9. The third kappa shape index (κ3) is 5.84. The van der Waals surface area contributed by atoms with Crippen LogP contribution in [0.15, 0.2) is 18.2 Å². The number of nitrogens with zero attached hydrogens (tertiary/aromatic N) is 3. The largest absolute Gasteiger partial charge is 0.478 e. The van der Waals surface area contributed by atoms with Gasteiger partial charge in [0, 0.05) is 51.5 Å². The lowest BCUT2D eigenvalue weighted by Crippen LogP contribution is -2.49. The van der Waals surface area contributed by atoms with Crippen molar-refractivity contribution >= 4 is 17.7 Å². The van der Waals surface area contributed by atoms with Crippen molar-refractivity contribution in [2.75, 3.05) is 50.7 Å². The number of rotatable bonds is 4. The molecule has 1 N–H and O–H groups in total. The Morgan fingerprint density at radius 3 is 2.27 bits per heavy atom. The van der Waals surface area contributed by atoms with Crippen LogP contribution in [0.25, 0.3) is 0 Å². The van der Waals surface area contributed by atoms with Crippen LogP contribution in [0.3, 0.4) is 0 Å². The van der Waals surface area contributed by atoms with Crippen LogP contribution >= 0.6 is 0 Å². The SMILES string of the molecule is CC(C)(C)OC(=O)N1CCC(CN2CCN(c3ccc(C(=O)O)c(F)c3)CC2)CC1. The van der Waals surface area contributed by atoms with Crippen LogP contribution in [0.5, 0.6) is 0 Å². The molecular weight excluding hydrogens is 389 g/mol. The first-order valence-corrected chi connectivity index (χ1v) is 10.6. The number of hydrogen-bond donors (Lipinski definition) is 1. The van der Waals surface area contributed by atoms with Gasteiger partial charge < -0.3 is 19.6 Å². The van der Waals surface area contributed by atoms with Crippen molar-refractivity contribution in [1.82, 2.24) is 9.80 Å². The molecule has 0 bridgehead atoms. The maximum atomic E-state index is 14.0. The van der Waals surface area contributed by atoms with Gasteiger partial charge in [0.1, 0.15) is 11.4 Å². The van der Waals surface area contributed by atoms with Gasteiger partial charge in [-0.15, -0.1) is 0 Å². The summed E-state index contributed by atoms with van der Waals surface area (Å²) in [5, 5.41) is 8.96. The molecule has 1 aromatic rings. The van der Waals surface area contributed by atoms with Gasteiger partial charge in [0.25, 0.3) is 0 Å². The van der Waals surface area contributed by atoms with Crippen molar-refractivity contribution in [1.29, 1.82) is 0 Å². The molecule has 0 saturated carbocycles. The third-order valence-electron chi connectivity index (χ3n) is 5.70. The van der Waals surface area contributed by atoms with Crippen LogP contribution in [0, 0.1) is 11.7 Å². The van der Waals surface area contributed by atoms with E-state index in [1.165, 1.54) is 12.1 Å². The van der Waals surface area contributed by atoms with Gasteiger partial charge in [-0.25, -0.2) is 14.0 Å². The molecular formula is C22H32FN3O4. The monoisotopic (exact) mass is 421 g/mol. The van der Waals surface area contributed by atoms with Crippen molar-refractivity contribution < 1.29 is 23.8 Å². The van der Waals surface area contributed by atoms with E-state index in [0.717, 1.165) is 64.3 Å². The number of benzene rings is 1. The molecule has 3 rings (SSSR count). The Morgan fingerprint density at radius 1 is 1.10 bits per heavy atom. The summed E-state index contributed by atoms with van der Waals surface area (Å²) in [6, 6.07) is 4.32. The van der Waals surface area contributed by atoms with Gasteiger partial charge in [0.2, 0.25) is 0 Å². The normalized spacial score (nSPS) is 19.1. The number of piperazine rings is 1. The number of carbonyl (C=O) groups is 2. The lowest BCUT2D eigenvalue weighted by Gasteiger charge is -2.39. The molecule has 0 radical (unpaired) electrons. The molecule has 1 aromatic carbocycles. The fourth-order valence-corrected chi connectivity index (χ4v) is 4.05. The van der Waals surface area contributed by atoms with E-state index in [1.807, 2.05) is 20.8 Å². The predicted molar refractivity (Wildman–Crippen MR) is 113 cm³/mol. The second-order valence-corrected chi connectivity index (χ2v) is 9.17. The summed E-state index contributed by atoms with van der Waals surface area (Å²) in [5.74, 6) is -1.39. The number of hydrogen-bond acceptors (Lipinski definition) is 5.